The summed E-state index contributed by atoms with van der Waals surface area (Å²) in [7, 11) is 0. The van der Waals surface area contributed by atoms with Crippen molar-refractivity contribution in [2.45, 2.75) is 37.9 Å². The van der Waals surface area contributed by atoms with Crippen LogP contribution in [0.15, 0.2) is 4.52 Å². The quantitative estimate of drug-likeness (QED) is 0.839. The van der Waals surface area contributed by atoms with E-state index in [2.05, 4.69) is 15.5 Å². The van der Waals surface area contributed by atoms with E-state index in [9.17, 15) is 13.2 Å². The van der Waals surface area contributed by atoms with E-state index < -0.39 is 12.6 Å². The van der Waals surface area contributed by atoms with Crippen molar-refractivity contribution in [1.29, 1.82) is 0 Å². The Hall–Kier alpha value is -1.11. The largest absolute Gasteiger partial charge is 0.396 e. The lowest BCUT2D eigenvalue weighted by Gasteiger charge is -2.00. The molecule has 0 radical (unpaired) electrons. The number of nitrogens with one attached hydrogen (secondary N) is 1. The van der Waals surface area contributed by atoms with Gasteiger partial charge in [0.25, 0.3) is 0 Å². The second-order valence-electron chi connectivity index (χ2n) is 3.87. The smallest absolute Gasteiger partial charge is 0.339 e. The van der Waals surface area contributed by atoms with E-state index in [1.165, 1.54) is 12.8 Å². The zero-order valence-electron chi connectivity index (χ0n) is 8.55. The number of hydrogen-bond donors (Lipinski definition) is 1. The number of hydrogen-bond acceptors (Lipinski definition) is 4. The minimum Gasteiger partial charge on any atom is -0.339 e. The fourth-order valence-electron chi connectivity index (χ4n) is 1.31. The van der Waals surface area contributed by atoms with Gasteiger partial charge in [-0.2, -0.15) is 18.2 Å². The molecule has 0 unspecified atom stereocenters. The highest BCUT2D eigenvalue weighted by molar-refractivity contribution is 4.90. The average molecular weight is 235 g/mol. The maximum Gasteiger partial charge on any atom is 0.396 e. The molecule has 0 amide bonds. The van der Waals surface area contributed by atoms with Crippen LogP contribution in [0.4, 0.5) is 13.2 Å². The van der Waals surface area contributed by atoms with E-state index in [-0.39, 0.29) is 11.7 Å². The second-order valence-corrected chi connectivity index (χ2v) is 3.87. The van der Waals surface area contributed by atoms with Crippen LogP contribution in [-0.2, 0) is 12.8 Å². The van der Waals surface area contributed by atoms with Gasteiger partial charge in [-0.15, -0.1) is 0 Å². The van der Waals surface area contributed by atoms with E-state index in [0.29, 0.717) is 19.0 Å². The van der Waals surface area contributed by atoms with Crippen molar-refractivity contribution in [3.8, 4) is 0 Å². The molecule has 0 atom stereocenters. The minimum atomic E-state index is -4.28. The number of halogens is 3. The van der Waals surface area contributed by atoms with E-state index >= 15 is 0 Å². The Bertz CT molecular complexity index is 346. The number of alkyl halides is 3. The van der Waals surface area contributed by atoms with Gasteiger partial charge in [0.2, 0.25) is 5.89 Å². The maximum atomic E-state index is 12.0. The fourth-order valence-corrected chi connectivity index (χ4v) is 1.31. The van der Waals surface area contributed by atoms with Crippen LogP contribution in [0.1, 0.15) is 24.6 Å². The Morgan fingerprint density at radius 2 is 2.12 bits per heavy atom. The zero-order valence-corrected chi connectivity index (χ0v) is 8.55. The number of rotatable bonds is 5. The Balaban J connectivity index is 1.77. The highest BCUT2D eigenvalue weighted by Gasteiger charge is 2.30. The van der Waals surface area contributed by atoms with Crippen LogP contribution in [0.3, 0.4) is 0 Å². The van der Waals surface area contributed by atoms with Gasteiger partial charge in [-0.05, 0) is 12.8 Å². The average Bonchev–Trinajstić information content (AvgIpc) is 2.86. The molecule has 0 saturated heterocycles. The van der Waals surface area contributed by atoms with Crippen LogP contribution in [0.25, 0.3) is 0 Å². The first-order chi connectivity index (χ1) is 7.53. The molecule has 1 aliphatic carbocycles. The first kappa shape index (κ1) is 11.4. The van der Waals surface area contributed by atoms with Gasteiger partial charge in [-0.25, -0.2) is 0 Å². The molecule has 1 aromatic rings. The Kier molecular flexibility index (Phi) is 3.13. The van der Waals surface area contributed by atoms with Gasteiger partial charge in [0, 0.05) is 19.0 Å². The van der Waals surface area contributed by atoms with E-state index in [4.69, 9.17) is 4.52 Å². The van der Waals surface area contributed by atoms with Crippen molar-refractivity contribution < 1.29 is 17.7 Å². The highest BCUT2D eigenvalue weighted by atomic mass is 19.4. The minimum absolute atomic E-state index is 0.257. The molecule has 0 bridgehead atoms. The third-order valence-electron chi connectivity index (χ3n) is 2.22. The van der Waals surface area contributed by atoms with Gasteiger partial charge in [-0.1, -0.05) is 5.16 Å². The summed E-state index contributed by atoms with van der Waals surface area (Å²) in [5, 5.41) is 6.49. The lowest BCUT2D eigenvalue weighted by molar-refractivity contribution is -0.128. The van der Waals surface area contributed by atoms with E-state index in [0.717, 1.165) is 0 Å². The summed E-state index contributed by atoms with van der Waals surface area (Å²) in [6.07, 6.45) is -2.60. The molecule has 4 nitrogen and oxygen atoms in total. The first-order valence-electron chi connectivity index (χ1n) is 5.14. The van der Waals surface area contributed by atoms with Crippen LogP contribution in [0, 0.1) is 0 Å². The van der Waals surface area contributed by atoms with Gasteiger partial charge in [0.15, 0.2) is 5.82 Å². The molecular weight excluding hydrogens is 223 g/mol. The number of aromatic nitrogens is 2. The van der Waals surface area contributed by atoms with Crippen LogP contribution in [-0.4, -0.2) is 28.9 Å². The molecule has 1 fully saturated rings. The fraction of sp³-hybridized carbons (Fsp3) is 0.778. The van der Waals surface area contributed by atoms with Gasteiger partial charge in [-0.3, -0.25) is 0 Å². The summed E-state index contributed by atoms with van der Waals surface area (Å²) in [6.45, 7) is 0.665. The summed E-state index contributed by atoms with van der Waals surface area (Å²) in [5.41, 5.74) is 0. The summed E-state index contributed by atoms with van der Waals surface area (Å²) in [6, 6.07) is 0.567. The van der Waals surface area contributed by atoms with Crippen LogP contribution >= 0.6 is 0 Å². The van der Waals surface area contributed by atoms with E-state index in [1.54, 1.807) is 0 Å². The molecule has 2 rings (SSSR count). The lowest BCUT2D eigenvalue weighted by atomic mass is 10.4. The SMILES string of the molecule is FC(F)(F)Cc1noc(CCNC2CC2)n1. The molecule has 0 aliphatic heterocycles. The topological polar surface area (TPSA) is 51.0 Å². The summed E-state index contributed by atoms with van der Waals surface area (Å²) >= 11 is 0. The van der Waals surface area contributed by atoms with E-state index in [1.807, 2.05) is 0 Å². The van der Waals surface area contributed by atoms with Gasteiger partial charge < -0.3 is 9.84 Å². The molecule has 7 heteroatoms. The molecule has 1 heterocycles. The molecule has 1 saturated carbocycles. The summed E-state index contributed by atoms with van der Waals surface area (Å²) < 4.78 is 40.7. The third-order valence-corrected chi connectivity index (χ3v) is 2.22. The summed E-state index contributed by atoms with van der Waals surface area (Å²) in [4.78, 5) is 3.68. The Morgan fingerprint density at radius 1 is 1.38 bits per heavy atom. The second kappa shape index (κ2) is 4.40. The Morgan fingerprint density at radius 3 is 2.75 bits per heavy atom. The predicted molar refractivity (Wildman–Crippen MR) is 48.8 cm³/mol. The third kappa shape index (κ3) is 3.80. The molecule has 1 aromatic heterocycles. The lowest BCUT2D eigenvalue weighted by Crippen LogP contribution is -2.19. The normalized spacial score (nSPS) is 16.7. The standard InChI is InChI=1S/C9H12F3N3O/c10-9(11,12)5-7-14-8(16-15-7)3-4-13-6-1-2-6/h6,13H,1-5H2. The first-order valence-corrected chi connectivity index (χ1v) is 5.14. The maximum absolute atomic E-state index is 12.0. The monoisotopic (exact) mass is 235 g/mol. The van der Waals surface area contributed by atoms with Crippen molar-refractivity contribution in [1.82, 2.24) is 15.5 Å². The van der Waals surface area contributed by atoms with Crippen molar-refractivity contribution in [2.24, 2.45) is 0 Å². The Labute approximate surface area is 90.2 Å². The van der Waals surface area contributed by atoms with Crippen LogP contribution in [0.5, 0.6) is 0 Å². The van der Waals surface area contributed by atoms with Crippen molar-refractivity contribution in [2.75, 3.05) is 6.54 Å². The van der Waals surface area contributed by atoms with Gasteiger partial charge in [0.05, 0.1) is 0 Å². The molecule has 1 aliphatic rings. The number of nitrogens with zero attached hydrogens (tertiary/aromatic N) is 2. The van der Waals surface area contributed by atoms with Gasteiger partial charge in [0.1, 0.15) is 6.42 Å². The molecule has 0 aromatic carbocycles. The van der Waals surface area contributed by atoms with Crippen molar-refractivity contribution >= 4 is 0 Å². The van der Waals surface area contributed by atoms with Crippen LogP contribution in [0.2, 0.25) is 0 Å². The molecule has 16 heavy (non-hydrogen) atoms. The molecule has 90 valence electrons. The van der Waals surface area contributed by atoms with Gasteiger partial charge >= 0.3 is 6.18 Å². The molecule has 0 spiro atoms. The predicted octanol–water partition coefficient (Wildman–Crippen LogP) is 1.47. The van der Waals surface area contributed by atoms with Crippen LogP contribution < -0.4 is 5.32 Å². The van der Waals surface area contributed by atoms with Crippen molar-refractivity contribution in [3.63, 3.8) is 0 Å². The highest BCUT2D eigenvalue weighted by Crippen LogP contribution is 2.20. The van der Waals surface area contributed by atoms with Crippen molar-refractivity contribution in [3.05, 3.63) is 11.7 Å². The zero-order chi connectivity index (χ0) is 11.6. The summed E-state index contributed by atoms with van der Waals surface area (Å²) in [5.74, 6) is -0.0404. The molecule has 1 N–H and O–H groups in total. The molecular formula is C9H12F3N3O.